The largest absolute Gasteiger partial charge is 0.365 e. The van der Waals surface area contributed by atoms with E-state index in [1.807, 2.05) is 27.1 Å². The Labute approximate surface area is 140 Å². The van der Waals surface area contributed by atoms with E-state index in [1.165, 1.54) is 0 Å². The lowest BCUT2D eigenvalue weighted by Gasteiger charge is -2.32. The molecule has 0 unspecified atom stereocenters. The maximum atomic E-state index is 14.5. The molecule has 3 heterocycles. The summed E-state index contributed by atoms with van der Waals surface area (Å²) in [6, 6.07) is 5.87. The van der Waals surface area contributed by atoms with Gasteiger partial charge in [-0.3, -0.25) is 4.68 Å². The highest BCUT2D eigenvalue weighted by Crippen LogP contribution is 2.32. The zero-order valence-electron chi connectivity index (χ0n) is 14.3. The molecule has 0 bridgehead atoms. The number of hydrogen-bond acceptors (Lipinski definition) is 3. The van der Waals surface area contributed by atoms with Crippen LogP contribution < -0.4 is 4.90 Å². The van der Waals surface area contributed by atoms with Crippen LogP contribution >= 0.6 is 0 Å². The quantitative estimate of drug-likeness (QED) is 0.721. The first-order chi connectivity index (χ1) is 11.5. The second kappa shape index (κ2) is 5.58. The van der Waals surface area contributed by atoms with Crippen LogP contribution in [0, 0.1) is 19.7 Å². The van der Waals surface area contributed by atoms with Crippen molar-refractivity contribution < 1.29 is 4.39 Å². The Hall–Kier alpha value is -2.43. The number of aromatic nitrogens is 3. The first-order valence-corrected chi connectivity index (χ1v) is 8.35. The summed E-state index contributed by atoms with van der Waals surface area (Å²) in [7, 11) is 1.90. The number of aryl methyl sites for hydroxylation is 4. The molecule has 0 fully saturated rings. The van der Waals surface area contributed by atoms with Gasteiger partial charge in [-0.2, -0.15) is 5.10 Å². The van der Waals surface area contributed by atoms with E-state index in [-0.39, 0.29) is 5.82 Å². The molecule has 1 aliphatic rings. The molecule has 1 aromatic carbocycles. The Kier molecular flexibility index (Phi) is 3.52. The van der Waals surface area contributed by atoms with Crippen LogP contribution in [0.2, 0.25) is 0 Å². The third-order valence-corrected chi connectivity index (χ3v) is 4.77. The van der Waals surface area contributed by atoms with Crippen LogP contribution in [0.1, 0.15) is 28.8 Å². The Morgan fingerprint density at radius 2 is 2.04 bits per heavy atom. The smallest absolute Gasteiger partial charge is 0.157 e. The number of fused-ring (bicyclic) bond motifs is 2. The van der Waals surface area contributed by atoms with Crippen LogP contribution in [0.4, 0.5) is 10.1 Å². The SMILES string of the molecule is Cc1cc(F)c2c(c1)CCCN2Cc1cnc2c(c1)c(C)nn2C. The summed E-state index contributed by atoms with van der Waals surface area (Å²) in [4.78, 5) is 6.68. The van der Waals surface area contributed by atoms with Crippen molar-refractivity contribution in [1.82, 2.24) is 14.8 Å². The van der Waals surface area contributed by atoms with Crippen molar-refractivity contribution >= 4 is 16.7 Å². The van der Waals surface area contributed by atoms with E-state index < -0.39 is 0 Å². The summed E-state index contributed by atoms with van der Waals surface area (Å²) in [6.07, 6.45) is 3.88. The lowest BCUT2D eigenvalue weighted by atomic mass is 9.98. The van der Waals surface area contributed by atoms with E-state index in [0.29, 0.717) is 6.54 Å². The number of rotatable bonds is 2. The number of pyridine rings is 1. The lowest BCUT2D eigenvalue weighted by molar-refractivity contribution is 0.594. The number of halogens is 1. The van der Waals surface area contributed by atoms with Crippen molar-refractivity contribution in [2.75, 3.05) is 11.4 Å². The molecular weight excluding hydrogens is 303 g/mol. The van der Waals surface area contributed by atoms with Gasteiger partial charge in [0.15, 0.2) is 5.65 Å². The van der Waals surface area contributed by atoms with Gasteiger partial charge in [0.1, 0.15) is 5.82 Å². The highest BCUT2D eigenvalue weighted by Gasteiger charge is 2.21. The molecule has 0 radical (unpaired) electrons. The maximum Gasteiger partial charge on any atom is 0.157 e. The van der Waals surface area contributed by atoms with Gasteiger partial charge in [-0.25, -0.2) is 9.37 Å². The van der Waals surface area contributed by atoms with E-state index in [2.05, 4.69) is 27.1 Å². The fraction of sp³-hybridized carbons (Fsp3) is 0.368. The first kappa shape index (κ1) is 15.1. The van der Waals surface area contributed by atoms with Gasteiger partial charge in [0, 0.05) is 31.7 Å². The van der Waals surface area contributed by atoms with Crippen LogP contribution in [0.3, 0.4) is 0 Å². The van der Waals surface area contributed by atoms with Crippen LogP contribution in [0.5, 0.6) is 0 Å². The predicted octanol–water partition coefficient (Wildman–Crippen LogP) is 3.68. The molecule has 5 heteroatoms. The van der Waals surface area contributed by atoms with Crippen molar-refractivity contribution in [3.8, 4) is 0 Å². The van der Waals surface area contributed by atoms with Crippen molar-refractivity contribution in [3.05, 3.63) is 52.6 Å². The molecule has 0 atom stereocenters. The molecule has 124 valence electrons. The van der Waals surface area contributed by atoms with E-state index in [4.69, 9.17) is 0 Å². The number of anilines is 1. The van der Waals surface area contributed by atoms with Gasteiger partial charge in [0.2, 0.25) is 0 Å². The summed E-state index contributed by atoms with van der Waals surface area (Å²) in [5, 5.41) is 5.48. The van der Waals surface area contributed by atoms with Crippen LogP contribution in [-0.2, 0) is 20.0 Å². The minimum atomic E-state index is -0.115. The van der Waals surface area contributed by atoms with Gasteiger partial charge in [-0.05, 0) is 55.5 Å². The molecule has 3 aromatic rings. The minimum absolute atomic E-state index is 0.115. The van der Waals surface area contributed by atoms with Crippen molar-refractivity contribution in [2.24, 2.45) is 7.05 Å². The normalized spacial score (nSPS) is 14.2. The van der Waals surface area contributed by atoms with Crippen LogP contribution in [0.15, 0.2) is 24.4 Å². The van der Waals surface area contributed by atoms with Gasteiger partial charge in [0.05, 0.1) is 11.4 Å². The summed E-state index contributed by atoms with van der Waals surface area (Å²) in [5.74, 6) is -0.115. The van der Waals surface area contributed by atoms with Crippen molar-refractivity contribution in [3.63, 3.8) is 0 Å². The Bertz CT molecular complexity index is 929. The Morgan fingerprint density at radius 1 is 1.21 bits per heavy atom. The third-order valence-electron chi connectivity index (χ3n) is 4.77. The molecule has 0 amide bonds. The molecule has 0 saturated carbocycles. The van der Waals surface area contributed by atoms with Gasteiger partial charge in [0.25, 0.3) is 0 Å². The monoisotopic (exact) mass is 324 g/mol. The predicted molar refractivity (Wildman–Crippen MR) is 93.8 cm³/mol. The standard InChI is InChI=1S/C19H21FN4/c1-12-7-15-5-4-6-24(18(15)17(20)8-12)11-14-9-16-13(2)22-23(3)19(16)21-10-14/h7-10H,4-6,11H2,1-3H3. The fourth-order valence-corrected chi connectivity index (χ4v) is 3.74. The summed E-state index contributed by atoms with van der Waals surface area (Å²) < 4.78 is 16.3. The summed E-state index contributed by atoms with van der Waals surface area (Å²) in [5.41, 5.74) is 5.81. The second-order valence-electron chi connectivity index (χ2n) is 6.70. The molecule has 0 aliphatic carbocycles. The second-order valence-corrected chi connectivity index (χ2v) is 6.70. The maximum absolute atomic E-state index is 14.5. The third kappa shape index (κ3) is 2.44. The average molecular weight is 324 g/mol. The van der Waals surface area contributed by atoms with Crippen LogP contribution in [-0.4, -0.2) is 21.3 Å². The number of nitrogens with zero attached hydrogens (tertiary/aromatic N) is 4. The molecule has 2 aromatic heterocycles. The van der Waals surface area contributed by atoms with E-state index >= 15 is 0 Å². The van der Waals surface area contributed by atoms with E-state index in [9.17, 15) is 4.39 Å². The van der Waals surface area contributed by atoms with E-state index in [1.54, 1.807) is 10.7 Å². The average Bonchev–Trinajstić information content (AvgIpc) is 2.81. The van der Waals surface area contributed by atoms with Gasteiger partial charge < -0.3 is 4.90 Å². The zero-order chi connectivity index (χ0) is 16.8. The van der Waals surface area contributed by atoms with Gasteiger partial charge >= 0.3 is 0 Å². The highest BCUT2D eigenvalue weighted by atomic mass is 19.1. The molecule has 0 saturated heterocycles. The molecule has 0 N–H and O–H groups in total. The number of benzene rings is 1. The molecular formula is C19H21FN4. The molecule has 4 rings (SSSR count). The Balaban J connectivity index is 1.71. The fourth-order valence-electron chi connectivity index (χ4n) is 3.74. The molecule has 4 nitrogen and oxygen atoms in total. The Morgan fingerprint density at radius 3 is 2.88 bits per heavy atom. The first-order valence-electron chi connectivity index (χ1n) is 8.35. The topological polar surface area (TPSA) is 34.0 Å². The lowest BCUT2D eigenvalue weighted by Crippen LogP contribution is -2.30. The summed E-state index contributed by atoms with van der Waals surface area (Å²) >= 11 is 0. The minimum Gasteiger partial charge on any atom is -0.365 e. The van der Waals surface area contributed by atoms with Gasteiger partial charge in [-0.1, -0.05) is 6.07 Å². The van der Waals surface area contributed by atoms with Gasteiger partial charge in [-0.15, -0.1) is 0 Å². The van der Waals surface area contributed by atoms with Crippen LogP contribution in [0.25, 0.3) is 11.0 Å². The van der Waals surface area contributed by atoms with Crippen molar-refractivity contribution in [2.45, 2.75) is 33.2 Å². The van der Waals surface area contributed by atoms with Crippen molar-refractivity contribution in [1.29, 1.82) is 0 Å². The van der Waals surface area contributed by atoms with E-state index in [0.717, 1.165) is 58.5 Å². The molecule has 1 aliphatic heterocycles. The summed E-state index contributed by atoms with van der Waals surface area (Å²) in [6.45, 7) is 5.49. The molecule has 24 heavy (non-hydrogen) atoms. The highest BCUT2D eigenvalue weighted by molar-refractivity contribution is 5.78. The number of hydrogen-bond donors (Lipinski definition) is 0. The molecule has 0 spiro atoms. The zero-order valence-corrected chi connectivity index (χ0v) is 14.3.